The number of ether oxygens (including phenoxy) is 3. The van der Waals surface area contributed by atoms with Crippen LogP contribution in [-0.4, -0.2) is 26.3 Å². The van der Waals surface area contributed by atoms with Crippen LogP contribution in [0.5, 0.6) is 5.75 Å². The molecular formula is C106H93N5O5S5. The number of fused-ring (bicyclic) bond motifs is 10. The number of aryl methyl sites for hydroxylation is 12. The molecule has 0 atom stereocenters. The zero-order valence-corrected chi connectivity index (χ0v) is 74.3. The second-order valence-electron chi connectivity index (χ2n) is 31.0. The van der Waals surface area contributed by atoms with Crippen LogP contribution in [-0.2, 0) is 9.47 Å². The van der Waals surface area contributed by atoms with Crippen LogP contribution in [0.2, 0.25) is 0 Å². The highest BCUT2D eigenvalue weighted by Crippen LogP contribution is 2.58. The van der Waals surface area contributed by atoms with E-state index in [2.05, 4.69) is 373 Å². The molecule has 10 nitrogen and oxygen atoms in total. The van der Waals surface area contributed by atoms with Crippen molar-refractivity contribution in [2.75, 3.05) is 38.7 Å². The summed E-state index contributed by atoms with van der Waals surface area (Å²) >= 11 is 9.21. The third-order valence-corrected chi connectivity index (χ3v) is 26.7. The molecule has 0 aliphatic carbocycles. The van der Waals surface area contributed by atoms with E-state index in [1.807, 2.05) is 71.7 Å². The van der Waals surface area contributed by atoms with Gasteiger partial charge >= 0.3 is 12.1 Å². The zero-order chi connectivity index (χ0) is 84.3. The van der Waals surface area contributed by atoms with Crippen molar-refractivity contribution in [1.29, 1.82) is 0 Å². The first-order valence-electron chi connectivity index (χ1n) is 40.3. The Morgan fingerprint density at radius 1 is 0.215 bits per heavy atom. The smallest absolute Gasteiger partial charge is 0.465 e. The second kappa shape index (κ2) is 36.0. The Bertz CT molecular complexity index is 6010. The molecule has 0 bridgehead atoms. The number of carbonyl (C=O) groups excluding carboxylic acids is 2. The minimum absolute atomic E-state index is 0.321. The van der Waals surface area contributed by atoms with Crippen molar-refractivity contribution in [2.24, 2.45) is 0 Å². The van der Waals surface area contributed by atoms with E-state index in [1.165, 1.54) is 181 Å². The Morgan fingerprint density at radius 2 is 0.405 bits per heavy atom. The van der Waals surface area contributed by atoms with Gasteiger partial charge in [0.25, 0.3) is 0 Å². The Morgan fingerprint density at radius 3 is 0.612 bits per heavy atom. The van der Waals surface area contributed by atoms with E-state index in [0.29, 0.717) is 11.3 Å². The summed E-state index contributed by atoms with van der Waals surface area (Å²) in [6.07, 6.45) is -0.723. The highest BCUT2D eigenvalue weighted by atomic mass is 32.2. The number of nitrogens with zero attached hydrogens (tertiary/aromatic N) is 5. The third-order valence-electron chi connectivity index (χ3n) is 21.3. The summed E-state index contributed by atoms with van der Waals surface area (Å²) < 4.78 is 14.4. The molecular weight excluding hydrogens is 1580 g/mol. The van der Waals surface area contributed by atoms with Crippen molar-refractivity contribution in [3.63, 3.8) is 0 Å². The lowest BCUT2D eigenvalue weighted by Crippen LogP contribution is -2.15. The number of benzene rings is 15. The van der Waals surface area contributed by atoms with Crippen LogP contribution in [0.15, 0.2) is 358 Å². The van der Waals surface area contributed by atoms with Gasteiger partial charge in [0, 0.05) is 77.4 Å². The van der Waals surface area contributed by atoms with E-state index in [4.69, 9.17) is 9.47 Å². The van der Waals surface area contributed by atoms with Gasteiger partial charge < -0.3 is 38.7 Å². The predicted molar refractivity (Wildman–Crippen MR) is 507 cm³/mol. The van der Waals surface area contributed by atoms with Crippen molar-refractivity contribution in [2.45, 2.75) is 132 Å². The number of esters is 1. The maximum atomic E-state index is 11.7. The molecule has 0 N–H and O–H groups in total. The first-order chi connectivity index (χ1) is 58.6. The molecule has 0 saturated heterocycles. The van der Waals surface area contributed by atoms with Gasteiger partial charge in [-0.2, -0.15) is 0 Å². The fourth-order valence-corrected chi connectivity index (χ4v) is 21.4. The van der Waals surface area contributed by atoms with Gasteiger partial charge in [-0.15, -0.1) is 0 Å². The highest BCUT2D eigenvalue weighted by molar-refractivity contribution is 8.00. The number of rotatable bonds is 7. The van der Waals surface area contributed by atoms with E-state index in [-0.39, 0.29) is 5.97 Å². The summed E-state index contributed by atoms with van der Waals surface area (Å²) in [5.41, 5.74) is 33.7. The molecule has 0 saturated carbocycles. The fraction of sp³-hybridized carbons (Fsp3) is 0.132. The van der Waals surface area contributed by atoms with Crippen molar-refractivity contribution < 1.29 is 23.8 Å². The Balaban J connectivity index is 0.000000113. The normalized spacial score (nSPS) is 12.5. The lowest BCUT2D eigenvalue weighted by Gasteiger charge is -2.33. The van der Waals surface area contributed by atoms with E-state index in [9.17, 15) is 9.59 Å². The molecule has 0 fully saturated rings. The molecule has 15 aromatic rings. The molecule has 121 heavy (non-hydrogen) atoms. The highest BCUT2D eigenvalue weighted by Gasteiger charge is 2.31. The van der Waals surface area contributed by atoms with Gasteiger partial charge in [0.05, 0.1) is 76.7 Å². The van der Waals surface area contributed by atoms with Gasteiger partial charge in [0.15, 0.2) is 0 Å². The van der Waals surface area contributed by atoms with Crippen LogP contribution < -0.4 is 29.2 Å². The van der Waals surface area contributed by atoms with Crippen LogP contribution >= 0.6 is 58.8 Å². The SMILES string of the molecule is COC(=O)Oc1ccc(N2c3ccc(C)cc3Sc3cc(C)ccc32)cc1.COC(=O)c1ccc(N2c3ccc(C)cc3Sc3cc(C)ccc32)cc1.Cc1ccc(N2c3ccc(C)cc3Sc3cc(C)ccc32)cc1.Cc1ccc(N2c3ccc(C)cc3Sc3cc(C)ccc32)cc1.Cc1ccc2c(c1)Sc1cc(C)ccc1N2c1ccccc1. The maximum Gasteiger partial charge on any atom is 0.513 e. The molecule has 20 rings (SSSR count). The number of para-hydroxylation sites is 1. The molecule has 0 radical (unpaired) electrons. The summed E-state index contributed by atoms with van der Waals surface area (Å²) in [5.74, 6) is 0.128. The molecule has 0 amide bonds. The Hall–Kier alpha value is -12.2. The molecule has 0 aromatic heterocycles. The molecule has 5 heterocycles. The second-order valence-corrected chi connectivity index (χ2v) is 36.4. The van der Waals surface area contributed by atoms with E-state index in [1.54, 1.807) is 35.7 Å². The first-order valence-corrected chi connectivity index (χ1v) is 44.3. The molecule has 15 aromatic carbocycles. The molecule has 5 aliphatic rings. The van der Waals surface area contributed by atoms with Crippen LogP contribution in [0.3, 0.4) is 0 Å². The molecule has 0 spiro atoms. The standard InChI is InChI=1S/C22H19NO3S.C22H19NO2S.2C21H19NS.C20H17NS/c1-14-4-10-18-20(12-14)27-21-13-15(2)5-11-19(21)23(18)16-6-8-17(9-7-16)26-22(24)25-3;1-14-4-10-18-20(12-14)26-21-13-15(2)5-11-19(21)23(18)17-8-6-16(7-9-17)22(24)25-3;2*1-14-4-8-17(9-5-14)22-18-10-6-15(2)12-20(18)23-21-13-16(3)7-11-19(21)22;1-14-8-10-17-19(12-14)22-20-13-15(2)9-11-18(20)21(17)16-6-4-3-5-7-16/h4-13H,1-3H3;4-13H,1-3H3;2*4-13H,1-3H3;3-13H,1-2H3. The van der Waals surface area contributed by atoms with Gasteiger partial charge in [0.2, 0.25) is 0 Å². The predicted octanol–water partition coefficient (Wildman–Crippen LogP) is 31.7. The summed E-state index contributed by atoms with van der Waals surface area (Å²) in [4.78, 5) is 47.5. The number of anilines is 15. The topological polar surface area (TPSA) is 78.0 Å². The van der Waals surface area contributed by atoms with Gasteiger partial charge in [-0.05, 0) is 345 Å². The minimum atomic E-state index is -0.723. The van der Waals surface area contributed by atoms with Crippen LogP contribution in [0.1, 0.15) is 77.1 Å². The number of carbonyl (C=O) groups is 2. The van der Waals surface area contributed by atoms with Crippen molar-refractivity contribution >= 4 is 156 Å². The fourth-order valence-electron chi connectivity index (χ4n) is 15.1. The molecule has 15 heteroatoms. The third kappa shape index (κ3) is 18.2. The lowest BCUT2D eigenvalue weighted by molar-refractivity contribution is 0.0600. The number of hydrogen-bond donors (Lipinski definition) is 0. The van der Waals surface area contributed by atoms with Gasteiger partial charge in [-0.25, -0.2) is 9.59 Å². The molecule has 602 valence electrons. The Kier molecular flexibility index (Phi) is 24.5. The van der Waals surface area contributed by atoms with Crippen LogP contribution in [0.4, 0.5) is 90.1 Å². The van der Waals surface area contributed by atoms with Crippen LogP contribution in [0, 0.1) is 83.1 Å². The summed E-state index contributed by atoms with van der Waals surface area (Å²) in [6.45, 7) is 25.6. The summed E-state index contributed by atoms with van der Waals surface area (Å²) in [5, 5.41) is 0. The molecule has 0 unspecified atom stereocenters. The molecule has 5 aliphatic heterocycles. The van der Waals surface area contributed by atoms with E-state index in [0.717, 1.165) is 34.1 Å². The lowest BCUT2D eigenvalue weighted by atomic mass is 10.1. The quantitative estimate of drug-likeness (QED) is 0.112. The van der Waals surface area contributed by atoms with Crippen LogP contribution in [0.25, 0.3) is 0 Å². The summed E-state index contributed by atoms with van der Waals surface area (Å²) in [6, 6.07) is 109. The van der Waals surface area contributed by atoms with E-state index < -0.39 is 6.16 Å². The maximum absolute atomic E-state index is 11.7. The average molecular weight is 1680 g/mol. The summed E-state index contributed by atoms with van der Waals surface area (Å²) in [7, 11) is 2.69. The van der Waals surface area contributed by atoms with Gasteiger partial charge in [-0.1, -0.05) is 173 Å². The van der Waals surface area contributed by atoms with E-state index >= 15 is 0 Å². The first kappa shape index (κ1) is 82.5. The van der Waals surface area contributed by atoms with Crippen molar-refractivity contribution in [1.82, 2.24) is 0 Å². The largest absolute Gasteiger partial charge is 0.513 e. The minimum Gasteiger partial charge on any atom is -0.465 e. The zero-order valence-electron chi connectivity index (χ0n) is 70.3. The van der Waals surface area contributed by atoms with Crippen molar-refractivity contribution in [3.05, 3.63) is 382 Å². The Labute approximate surface area is 732 Å². The number of methoxy groups -OCH3 is 2. The van der Waals surface area contributed by atoms with Crippen molar-refractivity contribution in [3.8, 4) is 5.75 Å². The van der Waals surface area contributed by atoms with Gasteiger partial charge in [0.1, 0.15) is 5.75 Å². The van der Waals surface area contributed by atoms with Gasteiger partial charge in [-0.3, -0.25) is 0 Å². The monoisotopic (exact) mass is 1680 g/mol. The number of hydrogen-bond acceptors (Lipinski definition) is 15. The average Bonchev–Trinajstić information content (AvgIpc) is 0.765.